The fraction of sp³-hybridized carbons (Fsp3) is 0.214. The average molecular weight is 278 g/mol. The minimum atomic E-state index is -0.179. The molecule has 1 atom stereocenters. The summed E-state index contributed by atoms with van der Waals surface area (Å²) in [5, 5.41) is 0.584. The van der Waals surface area contributed by atoms with Gasteiger partial charge in [-0.1, -0.05) is 17.7 Å². The van der Waals surface area contributed by atoms with E-state index in [-0.39, 0.29) is 6.04 Å². The summed E-state index contributed by atoms with van der Waals surface area (Å²) in [7, 11) is 1.65. The van der Waals surface area contributed by atoms with Crippen molar-refractivity contribution in [1.82, 2.24) is 10.4 Å². The highest BCUT2D eigenvalue weighted by atomic mass is 35.5. The van der Waals surface area contributed by atoms with Gasteiger partial charge < -0.3 is 4.74 Å². The zero-order valence-corrected chi connectivity index (χ0v) is 11.6. The van der Waals surface area contributed by atoms with Crippen molar-refractivity contribution in [2.45, 2.75) is 13.0 Å². The van der Waals surface area contributed by atoms with E-state index in [9.17, 15) is 0 Å². The summed E-state index contributed by atoms with van der Waals surface area (Å²) >= 11 is 6.18. The third-order valence-electron chi connectivity index (χ3n) is 3.07. The van der Waals surface area contributed by atoms with Gasteiger partial charge in [-0.3, -0.25) is 10.8 Å². The van der Waals surface area contributed by atoms with Crippen LogP contribution in [0.1, 0.15) is 22.7 Å². The minimum Gasteiger partial charge on any atom is -0.497 e. The number of hydrogen-bond acceptors (Lipinski definition) is 4. The van der Waals surface area contributed by atoms with Gasteiger partial charge in [-0.05, 0) is 41.8 Å². The molecule has 0 amide bonds. The van der Waals surface area contributed by atoms with Crippen LogP contribution in [0.5, 0.6) is 5.75 Å². The Kier molecular flexibility index (Phi) is 4.37. The smallest absolute Gasteiger partial charge is 0.119 e. The number of aromatic nitrogens is 1. The van der Waals surface area contributed by atoms with Crippen LogP contribution in [0.3, 0.4) is 0 Å². The fourth-order valence-electron chi connectivity index (χ4n) is 2.07. The number of aryl methyl sites for hydroxylation is 1. The second-order valence-electron chi connectivity index (χ2n) is 4.22. The lowest BCUT2D eigenvalue weighted by Gasteiger charge is -2.20. The number of ether oxygens (including phenoxy) is 1. The van der Waals surface area contributed by atoms with E-state index in [1.54, 1.807) is 19.5 Å². The van der Waals surface area contributed by atoms with Gasteiger partial charge in [0, 0.05) is 12.4 Å². The third kappa shape index (κ3) is 2.87. The number of rotatable bonds is 4. The number of benzene rings is 1. The van der Waals surface area contributed by atoms with Gasteiger partial charge in [-0.25, -0.2) is 5.43 Å². The lowest BCUT2D eigenvalue weighted by Crippen LogP contribution is -2.29. The number of pyridine rings is 1. The van der Waals surface area contributed by atoms with Gasteiger partial charge >= 0.3 is 0 Å². The number of hydrogen-bond donors (Lipinski definition) is 2. The van der Waals surface area contributed by atoms with Gasteiger partial charge in [-0.2, -0.15) is 0 Å². The Bertz CT molecular complexity index is 574. The van der Waals surface area contributed by atoms with E-state index in [0.717, 1.165) is 22.4 Å². The van der Waals surface area contributed by atoms with Crippen LogP contribution in [0.4, 0.5) is 0 Å². The van der Waals surface area contributed by atoms with Crippen molar-refractivity contribution in [3.8, 4) is 5.75 Å². The van der Waals surface area contributed by atoms with Crippen molar-refractivity contribution in [3.05, 3.63) is 58.4 Å². The Morgan fingerprint density at radius 3 is 2.68 bits per heavy atom. The van der Waals surface area contributed by atoms with Gasteiger partial charge in [0.05, 0.1) is 18.2 Å². The molecule has 1 aromatic carbocycles. The Morgan fingerprint density at radius 1 is 1.32 bits per heavy atom. The highest BCUT2D eigenvalue weighted by Crippen LogP contribution is 2.30. The van der Waals surface area contributed by atoms with Gasteiger partial charge in [0.2, 0.25) is 0 Å². The zero-order chi connectivity index (χ0) is 13.8. The van der Waals surface area contributed by atoms with Crippen molar-refractivity contribution in [1.29, 1.82) is 0 Å². The zero-order valence-electron chi connectivity index (χ0n) is 10.9. The number of nitrogens with two attached hydrogens (primary N) is 1. The molecule has 2 aromatic rings. The molecule has 0 aliphatic rings. The standard InChI is InChI=1S/C14H16ClN3O/c1-9-7-10(19-2)3-4-11(9)14(18-16)12-5-6-17-8-13(12)15/h3-8,14,18H,16H2,1-2H3. The van der Waals surface area contributed by atoms with Crippen LogP contribution in [0, 0.1) is 6.92 Å². The highest BCUT2D eigenvalue weighted by Gasteiger charge is 2.17. The summed E-state index contributed by atoms with van der Waals surface area (Å²) in [4.78, 5) is 3.98. The molecular formula is C14H16ClN3O. The molecule has 0 fully saturated rings. The predicted octanol–water partition coefficient (Wildman–Crippen LogP) is 2.60. The quantitative estimate of drug-likeness (QED) is 0.666. The topological polar surface area (TPSA) is 60.2 Å². The van der Waals surface area contributed by atoms with Crippen LogP contribution in [0.2, 0.25) is 5.02 Å². The lowest BCUT2D eigenvalue weighted by atomic mass is 9.96. The van der Waals surface area contributed by atoms with Crippen LogP contribution in [-0.2, 0) is 0 Å². The summed E-state index contributed by atoms with van der Waals surface area (Å²) in [5.41, 5.74) is 5.83. The normalized spacial score (nSPS) is 12.2. The first-order valence-corrected chi connectivity index (χ1v) is 6.25. The molecule has 1 aromatic heterocycles. The molecule has 2 rings (SSSR count). The maximum Gasteiger partial charge on any atom is 0.119 e. The van der Waals surface area contributed by atoms with E-state index in [1.165, 1.54) is 0 Å². The molecule has 0 saturated carbocycles. The molecule has 0 aliphatic carbocycles. The van der Waals surface area contributed by atoms with Crippen LogP contribution >= 0.6 is 11.6 Å². The average Bonchev–Trinajstić information content (AvgIpc) is 2.43. The summed E-state index contributed by atoms with van der Waals surface area (Å²) in [5.74, 6) is 6.50. The first-order chi connectivity index (χ1) is 9.17. The van der Waals surface area contributed by atoms with E-state index >= 15 is 0 Å². The second kappa shape index (κ2) is 6.02. The molecule has 19 heavy (non-hydrogen) atoms. The molecule has 1 heterocycles. The number of nitrogens with one attached hydrogen (secondary N) is 1. The van der Waals surface area contributed by atoms with Crippen LogP contribution in [0.25, 0.3) is 0 Å². The van der Waals surface area contributed by atoms with Crippen molar-refractivity contribution < 1.29 is 4.74 Å². The summed E-state index contributed by atoms with van der Waals surface area (Å²) < 4.78 is 5.21. The van der Waals surface area contributed by atoms with E-state index in [0.29, 0.717) is 5.02 Å². The van der Waals surface area contributed by atoms with Gasteiger partial charge in [0.25, 0.3) is 0 Å². The molecule has 0 aliphatic heterocycles. The third-order valence-corrected chi connectivity index (χ3v) is 3.39. The second-order valence-corrected chi connectivity index (χ2v) is 4.63. The summed E-state index contributed by atoms with van der Waals surface area (Å²) in [6.07, 6.45) is 3.31. The Labute approximate surface area is 117 Å². The molecule has 0 bridgehead atoms. The molecule has 0 radical (unpaired) electrons. The lowest BCUT2D eigenvalue weighted by molar-refractivity contribution is 0.414. The van der Waals surface area contributed by atoms with Gasteiger partial charge in [-0.15, -0.1) is 0 Å². The fourth-order valence-corrected chi connectivity index (χ4v) is 2.29. The van der Waals surface area contributed by atoms with Crippen LogP contribution in [0.15, 0.2) is 36.7 Å². The van der Waals surface area contributed by atoms with E-state index in [2.05, 4.69) is 10.4 Å². The number of nitrogens with zero attached hydrogens (tertiary/aromatic N) is 1. The summed E-state index contributed by atoms with van der Waals surface area (Å²) in [6, 6.07) is 7.53. The number of halogens is 1. The molecule has 4 nitrogen and oxygen atoms in total. The van der Waals surface area contributed by atoms with E-state index in [1.807, 2.05) is 31.2 Å². The largest absolute Gasteiger partial charge is 0.497 e. The molecule has 3 N–H and O–H groups in total. The van der Waals surface area contributed by atoms with Crippen molar-refractivity contribution in [3.63, 3.8) is 0 Å². The monoisotopic (exact) mass is 277 g/mol. The molecule has 0 spiro atoms. The number of methoxy groups -OCH3 is 1. The van der Waals surface area contributed by atoms with Crippen molar-refractivity contribution in [2.75, 3.05) is 7.11 Å². The Balaban J connectivity index is 2.46. The molecule has 1 unspecified atom stereocenters. The first kappa shape index (κ1) is 13.8. The van der Waals surface area contributed by atoms with Crippen LogP contribution in [-0.4, -0.2) is 12.1 Å². The van der Waals surface area contributed by atoms with E-state index < -0.39 is 0 Å². The first-order valence-electron chi connectivity index (χ1n) is 5.87. The number of hydrazine groups is 1. The Morgan fingerprint density at radius 2 is 2.11 bits per heavy atom. The SMILES string of the molecule is COc1ccc(C(NN)c2ccncc2Cl)c(C)c1. The minimum absolute atomic E-state index is 0.179. The highest BCUT2D eigenvalue weighted by molar-refractivity contribution is 6.31. The predicted molar refractivity (Wildman–Crippen MR) is 76.1 cm³/mol. The maximum atomic E-state index is 6.18. The van der Waals surface area contributed by atoms with Gasteiger partial charge in [0.15, 0.2) is 0 Å². The Hall–Kier alpha value is -1.62. The van der Waals surface area contributed by atoms with Crippen LogP contribution < -0.4 is 16.0 Å². The van der Waals surface area contributed by atoms with Crippen molar-refractivity contribution in [2.24, 2.45) is 5.84 Å². The maximum absolute atomic E-state index is 6.18. The molecule has 0 saturated heterocycles. The molecule has 5 heteroatoms. The molecular weight excluding hydrogens is 262 g/mol. The summed E-state index contributed by atoms with van der Waals surface area (Å²) in [6.45, 7) is 2.01. The van der Waals surface area contributed by atoms with E-state index in [4.69, 9.17) is 22.2 Å². The van der Waals surface area contributed by atoms with Crippen molar-refractivity contribution >= 4 is 11.6 Å². The van der Waals surface area contributed by atoms with Gasteiger partial charge in [0.1, 0.15) is 5.75 Å². The molecule has 100 valence electrons.